The van der Waals surface area contributed by atoms with Crippen LogP contribution in [-0.2, 0) is 19.1 Å². The predicted octanol–water partition coefficient (Wildman–Crippen LogP) is 1.53. The molecular formula is C35H43N5O11. The molecule has 2 heterocycles. The minimum absolute atomic E-state index is 0.0949. The zero-order chi connectivity index (χ0) is 36.8. The number of ether oxygens (including phenoxy) is 2. The molecular weight excluding hydrogens is 666 g/mol. The zero-order valence-electron chi connectivity index (χ0n) is 28.1. The Labute approximate surface area is 293 Å². The van der Waals surface area contributed by atoms with Crippen molar-refractivity contribution in [3.63, 3.8) is 0 Å². The van der Waals surface area contributed by atoms with E-state index in [9.17, 15) is 45.0 Å². The molecule has 3 aromatic rings. The van der Waals surface area contributed by atoms with Crippen LogP contribution in [0, 0.1) is 0 Å². The molecule has 16 heteroatoms. The van der Waals surface area contributed by atoms with E-state index in [0.29, 0.717) is 18.4 Å². The van der Waals surface area contributed by atoms with Gasteiger partial charge in [-0.05, 0) is 51.0 Å². The van der Waals surface area contributed by atoms with Gasteiger partial charge in [0.15, 0.2) is 34.5 Å². The zero-order valence-corrected chi connectivity index (χ0v) is 28.1. The molecule has 51 heavy (non-hydrogen) atoms. The lowest BCUT2D eigenvalue weighted by Crippen LogP contribution is -2.49. The van der Waals surface area contributed by atoms with E-state index in [-0.39, 0.29) is 72.1 Å². The van der Waals surface area contributed by atoms with Crippen molar-refractivity contribution in [3.8, 4) is 34.5 Å². The predicted molar refractivity (Wildman–Crippen MR) is 181 cm³/mol. The SMILES string of the molecule is C[C@H]1O[C@@H](c2cccc(O)c2O)N[C@@H]1C(=O)NCCCN(CCCNC(=O)c1cccc(O)c1O)C(=O)[C@H]1N[C@H](c2cccc(O)c2O)O[C@@H]1C. The number of rotatable bonds is 13. The fourth-order valence-corrected chi connectivity index (χ4v) is 6.07. The fraction of sp³-hybridized carbons (Fsp3) is 0.400. The van der Waals surface area contributed by atoms with Crippen molar-refractivity contribution in [1.29, 1.82) is 0 Å². The number of para-hydroxylation sites is 3. The lowest BCUT2D eigenvalue weighted by molar-refractivity contribution is -0.134. The molecule has 2 aliphatic heterocycles. The van der Waals surface area contributed by atoms with Crippen LogP contribution in [0.15, 0.2) is 54.6 Å². The van der Waals surface area contributed by atoms with Crippen molar-refractivity contribution in [3.05, 3.63) is 71.3 Å². The van der Waals surface area contributed by atoms with Crippen molar-refractivity contribution in [2.75, 3.05) is 26.2 Å². The second kappa shape index (κ2) is 16.2. The smallest absolute Gasteiger partial charge is 0.255 e. The summed E-state index contributed by atoms with van der Waals surface area (Å²) in [5.41, 5.74) is 0.466. The summed E-state index contributed by atoms with van der Waals surface area (Å²) >= 11 is 0. The van der Waals surface area contributed by atoms with Gasteiger partial charge in [0.25, 0.3) is 5.91 Å². The van der Waals surface area contributed by atoms with E-state index in [1.165, 1.54) is 30.3 Å². The summed E-state index contributed by atoms with van der Waals surface area (Å²) in [6.07, 6.45) is -2.17. The van der Waals surface area contributed by atoms with Gasteiger partial charge in [-0.1, -0.05) is 30.3 Å². The minimum Gasteiger partial charge on any atom is -0.504 e. The molecule has 0 unspecified atom stereocenters. The molecule has 0 spiro atoms. The van der Waals surface area contributed by atoms with Crippen molar-refractivity contribution in [1.82, 2.24) is 26.2 Å². The number of phenols is 6. The molecule has 0 saturated carbocycles. The summed E-state index contributed by atoms with van der Waals surface area (Å²) in [5, 5.41) is 71.8. The van der Waals surface area contributed by atoms with Gasteiger partial charge in [0.2, 0.25) is 11.8 Å². The number of hydrogen-bond donors (Lipinski definition) is 10. The fourth-order valence-electron chi connectivity index (χ4n) is 6.07. The third-order valence-corrected chi connectivity index (χ3v) is 8.87. The molecule has 0 aliphatic carbocycles. The van der Waals surface area contributed by atoms with Gasteiger partial charge in [-0.2, -0.15) is 0 Å². The maximum Gasteiger partial charge on any atom is 0.255 e. The first kappa shape index (κ1) is 37.0. The molecule has 274 valence electrons. The Balaban J connectivity index is 1.19. The average molecular weight is 710 g/mol. The minimum atomic E-state index is -0.870. The number of phenolic OH excluding ortho intramolecular Hbond substituents is 6. The highest BCUT2D eigenvalue weighted by molar-refractivity contribution is 5.97. The second-order valence-electron chi connectivity index (χ2n) is 12.4. The molecule has 16 nitrogen and oxygen atoms in total. The van der Waals surface area contributed by atoms with Crippen LogP contribution < -0.4 is 21.3 Å². The molecule has 6 atom stereocenters. The monoisotopic (exact) mass is 709 g/mol. The van der Waals surface area contributed by atoms with E-state index >= 15 is 0 Å². The Morgan fingerprint density at radius 3 is 1.71 bits per heavy atom. The van der Waals surface area contributed by atoms with Crippen LogP contribution in [0.25, 0.3) is 0 Å². The standard InChI is InChI=1S/C35H43N5O11/c1-18-26(38-33(50-18)21-9-4-12-24(42)29(21)45)32(48)37-15-7-17-40(16-6-14-36-31(47)20-8-3-11-23(41)28(20)44)35(49)27-19(2)51-34(39-27)22-10-5-13-25(43)30(22)46/h3-5,8-13,18-19,26-27,33-34,38-39,41-46H,6-7,14-17H2,1-2H3,(H,36,47)(H,37,48)/t18-,19-,26+,27+,33+,34+/m1/s1. The van der Waals surface area contributed by atoms with Crippen LogP contribution in [0.2, 0.25) is 0 Å². The third kappa shape index (κ3) is 8.37. The summed E-state index contributed by atoms with van der Waals surface area (Å²) in [6.45, 7) is 4.18. The average Bonchev–Trinajstić information content (AvgIpc) is 3.69. The Hall–Kier alpha value is -5.29. The summed E-state index contributed by atoms with van der Waals surface area (Å²) in [4.78, 5) is 41.2. The van der Waals surface area contributed by atoms with Gasteiger partial charge in [0.1, 0.15) is 24.5 Å². The number of aromatic hydroxyl groups is 6. The normalized spacial score (nSPS) is 22.8. The van der Waals surface area contributed by atoms with Crippen molar-refractivity contribution < 1.29 is 54.5 Å². The second-order valence-corrected chi connectivity index (χ2v) is 12.4. The van der Waals surface area contributed by atoms with E-state index < -0.39 is 54.2 Å². The van der Waals surface area contributed by atoms with Gasteiger partial charge >= 0.3 is 0 Å². The van der Waals surface area contributed by atoms with E-state index in [1.54, 1.807) is 43.0 Å². The number of nitrogens with one attached hydrogen (secondary N) is 4. The summed E-state index contributed by atoms with van der Waals surface area (Å²) in [7, 11) is 0. The van der Waals surface area contributed by atoms with Gasteiger partial charge in [-0.25, -0.2) is 0 Å². The molecule has 10 N–H and O–H groups in total. The maximum atomic E-state index is 13.9. The Kier molecular flexibility index (Phi) is 11.7. The van der Waals surface area contributed by atoms with Gasteiger partial charge in [-0.15, -0.1) is 0 Å². The number of nitrogens with zero attached hydrogens (tertiary/aromatic N) is 1. The van der Waals surface area contributed by atoms with Crippen molar-refractivity contribution >= 4 is 17.7 Å². The molecule has 2 fully saturated rings. The van der Waals surface area contributed by atoms with Crippen LogP contribution in [-0.4, -0.2) is 104 Å². The van der Waals surface area contributed by atoms with Crippen LogP contribution in [0.4, 0.5) is 0 Å². The maximum absolute atomic E-state index is 13.9. The lowest BCUT2D eigenvalue weighted by atomic mass is 10.1. The highest BCUT2D eigenvalue weighted by atomic mass is 16.5. The van der Waals surface area contributed by atoms with E-state index in [0.717, 1.165) is 0 Å². The first-order valence-corrected chi connectivity index (χ1v) is 16.6. The highest BCUT2D eigenvalue weighted by Crippen LogP contribution is 2.38. The first-order chi connectivity index (χ1) is 24.4. The van der Waals surface area contributed by atoms with Gasteiger partial charge < -0.3 is 55.6 Å². The van der Waals surface area contributed by atoms with Crippen LogP contribution in [0.5, 0.6) is 34.5 Å². The molecule has 3 amide bonds. The molecule has 0 bridgehead atoms. The topological polar surface area (TPSA) is 242 Å². The Morgan fingerprint density at radius 1 is 0.667 bits per heavy atom. The van der Waals surface area contributed by atoms with Gasteiger partial charge in [0, 0.05) is 37.3 Å². The Morgan fingerprint density at radius 2 is 1.14 bits per heavy atom. The largest absolute Gasteiger partial charge is 0.504 e. The van der Waals surface area contributed by atoms with Crippen molar-refractivity contribution in [2.24, 2.45) is 0 Å². The van der Waals surface area contributed by atoms with Crippen LogP contribution in [0.3, 0.4) is 0 Å². The number of carbonyl (C=O) groups excluding carboxylic acids is 3. The number of carbonyl (C=O) groups is 3. The number of benzene rings is 3. The molecule has 2 aliphatic rings. The summed E-state index contributed by atoms with van der Waals surface area (Å²) < 4.78 is 11.8. The third-order valence-electron chi connectivity index (χ3n) is 8.87. The van der Waals surface area contributed by atoms with E-state index in [4.69, 9.17) is 9.47 Å². The molecule has 3 aromatic carbocycles. The van der Waals surface area contributed by atoms with Crippen LogP contribution >= 0.6 is 0 Å². The van der Waals surface area contributed by atoms with E-state index in [2.05, 4.69) is 21.3 Å². The molecule has 0 radical (unpaired) electrons. The van der Waals surface area contributed by atoms with E-state index in [1.807, 2.05) is 0 Å². The molecule has 5 rings (SSSR count). The highest BCUT2D eigenvalue weighted by Gasteiger charge is 2.41. The quantitative estimate of drug-likeness (QED) is 0.0896. The van der Waals surface area contributed by atoms with Gasteiger partial charge in [0.05, 0.1) is 17.8 Å². The van der Waals surface area contributed by atoms with Crippen LogP contribution in [0.1, 0.15) is 60.6 Å². The summed E-state index contributed by atoms with van der Waals surface area (Å²) in [5.74, 6) is -3.57. The van der Waals surface area contributed by atoms with Crippen molar-refractivity contribution in [2.45, 2.75) is 63.4 Å². The number of amides is 3. The lowest BCUT2D eigenvalue weighted by Gasteiger charge is -2.27. The molecule has 2 saturated heterocycles. The molecule has 0 aromatic heterocycles. The number of hydrogen-bond acceptors (Lipinski definition) is 13. The summed E-state index contributed by atoms with van der Waals surface area (Å²) in [6, 6.07) is 11.4. The first-order valence-electron chi connectivity index (χ1n) is 16.6. The Bertz CT molecular complexity index is 1740. The van der Waals surface area contributed by atoms with Gasteiger partial charge in [-0.3, -0.25) is 25.0 Å².